The molecular formula is C12H23N3O. The molecule has 2 heterocycles. The summed E-state index contributed by atoms with van der Waals surface area (Å²) < 4.78 is 0. The summed E-state index contributed by atoms with van der Waals surface area (Å²) >= 11 is 0. The maximum absolute atomic E-state index is 11.5. The van der Waals surface area contributed by atoms with E-state index in [-0.39, 0.29) is 11.9 Å². The van der Waals surface area contributed by atoms with E-state index in [1.54, 1.807) is 0 Å². The zero-order chi connectivity index (χ0) is 11.4. The van der Waals surface area contributed by atoms with Gasteiger partial charge in [0.2, 0.25) is 5.91 Å². The van der Waals surface area contributed by atoms with E-state index in [9.17, 15) is 4.79 Å². The van der Waals surface area contributed by atoms with E-state index in [0.717, 1.165) is 31.8 Å². The highest BCUT2D eigenvalue weighted by molar-refractivity contribution is 5.82. The molecule has 92 valence electrons. The van der Waals surface area contributed by atoms with Gasteiger partial charge in [0.05, 0.1) is 6.04 Å². The summed E-state index contributed by atoms with van der Waals surface area (Å²) in [5, 5.41) is 6.34. The molecule has 2 N–H and O–H groups in total. The lowest BCUT2D eigenvalue weighted by molar-refractivity contribution is -0.124. The van der Waals surface area contributed by atoms with Gasteiger partial charge in [-0.25, -0.2) is 0 Å². The van der Waals surface area contributed by atoms with Crippen molar-refractivity contribution in [2.45, 2.75) is 31.7 Å². The maximum atomic E-state index is 11.5. The number of amides is 1. The topological polar surface area (TPSA) is 44.4 Å². The van der Waals surface area contributed by atoms with E-state index in [0.29, 0.717) is 0 Å². The van der Waals surface area contributed by atoms with Gasteiger partial charge in [0, 0.05) is 6.54 Å². The summed E-state index contributed by atoms with van der Waals surface area (Å²) in [5.41, 5.74) is 0. The van der Waals surface area contributed by atoms with Gasteiger partial charge in [-0.2, -0.15) is 0 Å². The SMILES string of the molecule is CN1CCC(CNC2CCCNC2=O)CC1. The molecule has 1 atom stereocenters. The van der Waals surface area contributed by atoms with Crippen molar-refractivity contribution >= 4 is 5.91 Å². The van der Waals surface area contributed by atoms with Crippen LogP contribution in [0.2, 0.25) is 0 Å². The predicted molar refractivity (Wildman–Crippen MR) is 64.3 cm³/mol. The summed E-state index contributed by atoms with van der Waals surface area (Å²) in [6.45, 7) is 4.25. The van der Waals surface area contributed by atoms with Crippen LogP contribution in [0.4, 0.5) is 0 Å². The minimum atomic E-state index is 0.0633. The van der Waals surface area contributed by atoms with Gasteiger partial charge in [-0.3, -0.25) is 4.79 Å². The Kier molecular flexibility index (Phi) is 4.18. The minimum Gasteiger partial charge on any atom is -0.355 e. The average Bonchev–Trinajstić information content (AvgIpc) is 2.30. The van der Waals surface area contributed by atoms with Crippen LogP contribution in [0.15, 0.2) is 0 Å². The zero-order valence-electron chi connectivity index (χ0n) is 10.2. The fraction of sp³-hybridized carbons (Fsp3) is 0.917. The third-order valence-electron chi connectivity index (χ3n) is 3.78. The second kappa shape index (κ2) is 5.64. The summed E-state index contributed by atoms with van der Waals surface area (Å²) in [6.07, 6.45) is 4.63. The van der Waals surface area contributed by atoms with Crippen LogP contribution in [0.3, 0.4) is 0 Å². The number of hydrogen-bond donors (Lipinski definition) is 2. The highest BCUT2D eigenvalue weighted by atomic mass is 16.2. The molecule has 0 aliphatic carbocycles. The van der Waals surface area contributed by atoms with E-state index in [1.165, 1.54) is 25.9 Å². The first-order valence-corrected chi connectivity index (χ1v) is 6.45. The predicted octanol–water partition coefficient (Wildman–Crippen LogP) is 0.196. The van der Waals surface area contributed by atoms with Crippen LogP contribution in [-0.2, 0) is 4.79 Å². The molecule has 0 spiro atoms. The van der Waals surface area contributed by atoms with Gasteiger partial charge in [0.25, 0.3) is 0 Å². The number of nitrogens with zero attached hydrogens (tertiary/aromatic N) is 1. The van der Waals surface area contributed by atoms with Crippen LogP contribution in [0, 0.1) is 5.92 Å². The third-order valence-corrected chi connectivity index (χ3v) is 3.78. The largest absolute Gasteiger partial charge is 0.355 e. The molecule has 0 saturated carbocycles. The smallest absolute Gasteiger partial charge is 0.237 e. The molecule has 0 aromatic heterocycles. The quantitative estimate of drug-likeness (QED) is 0.721. The monoisotopic (exact) mass is 225 g/mol. The van der Waals surface area contributed by atoms with E-state index in [2.05, 4.69) is 22.6 Å². The highest BCUT2D eigenvalue weighted by Gasteiger charge is 2.23. The van der Waals surface area contributed by atoms with Crippen LogP contribution < -0.4 is 10.6 Å². The number of piperidine rings is 2. The van der Waals surface area contributed by atoms with E-state index < -0.39 is 0 Å². The number of likely N-dealkylation sites (tertiary alicyclic amines) is 1. The molecular weight excluding hydrogens is 202 g/mol. The third kappa shape index (κ3) is 3.19. The molecule has 1 amide bonds. The molecule has 2 aliphatic rings. The first-order chi connectivity index (χ1) is 7.75. The van der Waals surface area contributed by atoms with Crippen molar-refractivity contribution in [1.29, 1.82) is 0 Å². The van der Waals surface area contributed by atoms with Crippen molar-refractivity contribution in [2.24, 2.45) is 5.92 Å². The molecule has 0 bridgehead atoms. The number of hydrogen-bond acceptors (Lipinski definition) is 3. The minimum absolute atomic E-state index is 0.0633. The Morgan fingerprint density at radius 1 is 1.38 bits per heavy atom. The van der Waals surface area contributed by atoms with E-state index in [1.807, 2.05) is 0 Å². The molecule has 4 nitrogen and oxygen atoms in total. The Balaban J connectivity index is 1.68. The lowest BCUT2D eigenvalue weighted by Crippen LogP contribution is -2.50. The van der Waals surface area contributed by atoms with Crippen molar-refractivity contribution in [3.05, 3.63) is 0 Å². The summed E-state index contributed by atoms with van der Waals surface area (Å²) in [7, 11) is 2.18. The van der Waals surface area contributed by atoms with Crippen molar-refractivity contribution in [3.8, 4) is 0 Å². The van der Waals surface area contributed by atoms with Gasteiger partial charge in [-0.15, -0.1) is 0 Å². The Morgan fingerprint density at radius 2 is 2.12 bits per heavy atom. The Labute approximate surface area is 97.8 Å². The summed E-state index contributed by atoms with van der Waals surface area (Å²) in [6, 6.07) is 0.0633. The molecule has 0 aromatic rings. The molecule has 2 rings (SSSR count). The molecule has 2 aliphatic heterocycles. The summed E-state index contributed by atoms with van der Waals surface area (Å²) in [4.78, 5) is 13.9. The van der Waals surface area contributed by atoms with Crippen LogP contribution in [0.1, 0.15) is 25.7 Å². The van der Waals surface area contributed by atoms with Gasteiger partial charge in [0.15, 0.2) is 0 Å². The molecule has 2 saturated heterocycles. The van der Waals surface area contributed by atoms with Gasteiger partial charge in [-0.1, -0.05) is 0 Å². The molecule has 2 fully saturated rings. The lowest BCUT2D eigenvalue weighted by atomic mass is 9.96. The fourth-order valence-corrected chi connectivity index (χ4v) is 2.54. The molecule has 4 heteroatoms. The molecule has 16 heavy (non-hydrogen) atoms. The van der Waals surface area contributed by atoms with Crippen molar-refractivity contribution in [3.63, 3.8) is 0 Å². The first kappa shape index (κ1) is 11.9. The number of rotatable bonds is 3. The molecule has 0 aromatic carbocycles. The highest BCUT2D eigenvalue weighted by Crippen LogP contribution is 2.15. The fourth-order valence-electron chi connectivity index (χ4n) is 2.54. The lowest BCUT2D eigenvalue weighted by Gasteiger charge is -2.31. The van der Waals surface area contributed by atoms with Gasteiger partial charge >= 0.3 is 0 Å². The normalized spacial score (nSPS) is 29.1. The Morgan fingerprint density at radius 3 is 2.81 bits per heavy atom. The summed E-state index contributed by atoms with van der Waals surface area (Å²) in [5.74, 6) is 0.949. The van der Waals surface area contributed by atoms with Crippen LogP contribution >= 0.6 is 0 Å². The van der Waals surface area contributed by atoms with Gasteiger partial charge in [0.1, 0.15) is 0 Å². The van der Waals surface area contributed by atoms with Crippen LogP contribution in [0.5, 0.6) is 0 Å². The Bertz CT molecular complexity index is 236. The van der Waals surface area contributed by atoms with Gasteiger partial charge < -0.3 is 15.5 Å². The van der Waals surface area contributed by atoms with E-state index >= 15 is 0 Å². The standard InChI is InChI=1S/C12H23N3O/c1-15-7-4-10(5-8-15)9-14-11-3-2-6-13-12(11)16/h10-11,14H,2-9H2,1H3,(H,13,16). The first-order valence-electron chi connectivity index (χ1n) is 6.45. The number of nitrogens with one attached hydrogen (secondary N) is 2. The maximum Gasteiger partial charge on any atom is 0.237 e. The van der Waals surface area contributed by atoms with Crippen molar-refractivity contribution < 1.29 is 4.79 Å². The molecule has 0 radical (unpaired) electrons. The number of carbonyl (C=O) groups excluding carboxylic acids is 1. The van der Waals surface area contributed by atoms with Crippen LogP contribution in [0.25, 0.3) is 0 Å². The van der Waals surface area contributed by atoms with Crippen LogP contribution in [-0.4, -0.2) is 50.1 Å². The number of carbonyl (C=O) groups is 1. The average molecular weight is 225 g/mol. The zero-order valence-corrected chi connectivity index (χ0v) is 10.2. The molecule has 1 unspecified atom stereocenters. The van der Waals surface area contributed by atoms with E-state index in [4.69, 9.17) is 0 Å². The second-order valence-electron chi connectivity index (χ2n) is 5.14. The second-order valence-corrected chi connectivity index (χ2v) is 5.14. The van der Waals surface area contributed by atoms with Crippen molar-refractivity contribution in [1.82, 2.24) is 15.5 Å². The van der Waals surface area contributed by atoms with Crippen molar-refractivity contribution in [2.75, 3.05) is 33.2 Å². The van der Waals surface area contributed by atoms with Gasteiger partial charge in [-0.05, 0) is 58.3 Å². The Hall–Kier alpha value is -0.610.